The molecule has 82 valence electrons. The highest BCUT2D eigenvalue weighted by molar-refractivity contribution is 7.14. The minimum absolute atomic E-state index is 0.0712. The molecule has 1 aliphatic rings. The first-order valence-corrected chi connectivity index (χ1v) is 6.21. The maximum absolute atomic E-state index is 11.9. The first-order valence-electron chi connectivity index (χ1n) is 5.40. The van der Waals surface area contributed by atoms with Gasteiger partial charge < -0.3 is 5.32 Å². The van der Waals surface area contributed by atoms with Crippen molar-refractivity contribution in [2.45, 2.75) is 45.6 Å². The Morgan fingerprint density at radius 2 is 2.13 bits per heavy atom. The summed E-state index contributed by atoms with van der Waals surface area (Å²) < 4.78 is 0. The van der Waals surface area contributed by atoms with Crippen LogP contribution < -0.4 is 5.32 Å². The molecule has 2 nitrogen and oxygen atoms in total. The van der Waals surface area contributed by atoms with Crippen molar-refractivity contribution in [2.24, 2.45) is 0 Å². The Kier molecular flexibility index (Phi) is 2.59. The summed E-state index contributed by atoms with van der Waals surface area (Å²) in [5, 5.41) is 3.00. The van der Waals surface area contributed by atoms with Gasteiger partial charge in [0.15, 0.2) is 0 Å². The third kappa shape index (κ3) is 2.40. The minimum Gasteiger partial charge on any atom is -0.347 e. The van der Waals surface area contributed by atoms with Gasteiger partial charge in [-0.25, -0.2) is 0 Å². The molecule has 0 saturated heterocycles. The molecule has 0 spiro atoms. The van der Waals surface area contributed by atoms with E-state index in [0.717, 1.165) is 17.7 Å². The maximum Gasteiger partial charge on any atom is 0.261 e. The van der Waals surface area contributed by atoms with Crippen molar-refractivity contribution < 1.29 is 4.79 Å². The van der Waals surface area contributed by atoms with Crippen LogP contribution in [0.5, 0.6) is 0 Å². The van der Waals surface area contributed by atoms with Gasteiger partial charge in [0.1, 0.15) is 0 Å². The number of hydrogen-bond donors (Lipinski definition) is 1. The van der Waals surface area contributed by atoms with Crippen molar-refractivity contribution in [3.05, 3.63) is 21.4 Å². The zero-order valence-corrected chi connectivity index (χ0v) is 10.3. The van der Waals surface area contributed by atoms with Gasteiger partial charge in [0.05, 0.1) is 4.88 Å². The summed E-state index contributed by atoms with van der Waals surface area (Å²) in [6.45, 7) is 6.02. The number of carbonyl (C=O) groups is 1. The molecule has 1 amide bonds. The van der Waals surface area contributed by atoms with Gasteiger partial charge in [-0.1, -0.05) is 0 Å². The summed E-state index contributed by atoms with van der Waals surface area (Å²) in [7, 11) is 0. The monoisotopic (exact) mass is 223 g/mol. The molecule has 0 atom stereocenters. The number of amides is 1. The predicted molar refractivity (Wildman–Crippen MR) is 63.6 cm³/mol. The smallest absolute Gasteiger partial charge is 0.261 e. The second-order valence-electron chi connectivity index (χ2n) is 5.12. The third-order valence-corrected chi connectivity index (χ3v) is 3.69. The lowest BCUT2D eigenvalue weighted by Crippen LogP contribution is -2.40. The molecule has 0 unspecified atom stereocenters. The second-order valence-corrected chi connectivity index (χ2v) is 6.25. The molecule has 2 rings (SSSR count). The Balaban J connectivity index is 2.13. The zero-order chi connectivity index (χ0) is 11.1. The van der Waals surface area contributed by atoms with Crippen LogP contribution in [0.15, 0.2) is 6.07 Å². The van der Waals surface area contributed by atoms with Crippen molar-refractivity contribution in [1.82, 2.24) is 5.32 Å². The third-order valence-electron chi connectivity index (χ3n) is 2.46. The summed E-state index contributed by atoms with van der Waals surface area (Å²) in [6, 6.07) is 2.06. The topological polar surface area (TPSA) is 29.1 Å². The standard InChI is InChI=1S/C12H17NOS/c1-12(2,3)13-11(14)10-7-8-5-4-6-9(8)15-10/h7H,4-6H2,1-3H3,(H,13,14). The predicted octanol–water partition coefficient (Wildman–Crippen LogP) is 2.77. The van der Waals surface area contributed by atoms with E-state index in [4.69, 9.17) is 0 Å². The molecule has 1 N–H and O–H groups in total. The molecule has 15 heavy (non-hydrogen) atoms. The van der Waals surface area contributed by atoms with E-state index in [0.29, 0.717) is 0 Å². The van der Waals surface area contributed by atoms with Crippen LogP contribution in [-0.4, -0.2) is 11.4 Å². The van der Waals surface area contributed by atoms with Crippen molar-refractivity contribution in [2.75, 3.05) is 0 Å². The number of carbonyl (C=O) groups excluding carboxylic acids is 1. The number of fused-ring (bicyclic) bond motifs is 1. The van der Waals surface area contributed by atoms with Crippen molar-refractivity contribution in [3.63, 3.8) is 0 Å². The molecule has 3 heteroatoms. The number of thiophene rings is 1. The Hall–Kier alpha value is -0.830. The van der Waals surface area contributed by atoms with Crippen LogP contribution in [0, 0.1) is 0 Å². The Morgan fingerprint density at radius 3 is 2.73 bits per heavy atom. The van der Waals surface area contributed by atoms with Crippen molar-refractivity contribution in [3.8, 4) is 0 Å². The van der Waals surface area contributed by atoms with Crippen LogP contribution in [-0.2, 0) is 12.8 Å². The molecule has 0 aromatic carbocycles. The molecule has 0 radical (unpaired) electrons. The lowest BCUT2D eigenvalue weighted by Gasteiger charge is -2.19. The highest BCUT2D eigenvalue weighted by Gasteiger charge is 2.21. The molecule has 1 aliphatic carbocycles. The highest BCUT2D eigenvalue weighted by Crippen LogP contribution is 2.30. The second kappa shape index (κ2) is 3.63. The highest BCUT2D eigenvalue weighted by atomic mass is 32.1. The number of rotatable bonds is 1. The van der Waals surface area contributed by atoms with Gasteiger partial charge in [-0.2, -0.15) is 0 Å². The fraction of sp³-hybridized carbons (Fsp3) is 0.583. The van der Waals surface area contributed by atoms with Gasteiger partial charge in [0, 0.05) is 10.4 Å². The SMILES string of the molecule is CC(C)(C)NC(=O)c1cc2c(s1)CCC2. The fourth-order valence-electron chi connectivity index (χ4n) is 1.84. The normalized spacial score (nSPS) is 15.1. The molecular weight excluding hydrogens is 206 g/mol. The van der Waals surface area contributed by atoms with Gasteiger partial charge in [-0.15, -0.1) is 11.3 Å². The van der Waals surface area contributed by atoms with E-state index in [9.17, 15) is 4.79 Å². The molecule has 0 saturated carbocycles. The lowest BCUT2D eigenvalue weighted by atomic mass is 10.1. The van der Waals surface area contributed by atoms with Gasteiger partial charge in [-0.3, -0.25) is 4.79 Å². The first kappa shape index (κ1) is 10.7. The van der Waals surface area contributed by atoms with Gasteiger partial charge in [-0.05, 0) is 51.7 Å². The van der Waals surface area contributed by atoms with Crippen molar-refractivity contribution >= 4 is 17.2 Å². The van der Waals surface area contributed by atoms with E-state index >= 15 is 0 Å². The maximum atomic E-state index is 11.9. The van der Waals surface area contributed by atoms with Crippen LogP contribution in [0.25, 0.3) is 0 Å². The van der Waals surface area contributed by atoms with E-state index in [1.165, 1.54) is 16.9 Å². The van der Waals surface area contributed by atoms with Crippen LogP contribution in [0.1, 0.15) is 47.3 Å². The first-order chi connectivity index (χ1) is 6.96. The Morgan fingerprint density at radius 1 is 1.40 bits per heavy atom. The van der Waals surface area contributed by atoms with Crippen LogP contribution in [0.2, 0.25) is 0 Å². The van der Waals surface area contributed by atoms with Gasteiger partial charge in [0.25, 0.3) is 5.91 Å². The Labute approximate surface area is 94.7 Å². The lowest BCUT2D eigenvalue weighted by molar-refractivity contribution is 0.0923. The molecule has 1 aromatic rings. The summed E-state index contributed by atoms with van der Waals surface area (Å²) in [6.07, 6.45) is 3.56. The molecular formula is C12H17NOS. The number of nitrogens with one attached hydrogen (secondary N) is 1. The van der Waals surface area contributed by atoms with Crippen LogP contribution in [0.3, 0.4) is 0 Å². The molecule has 0 fully saturated rings. The average Bonchev–Trinajstić information content (AvgIpc) is 2.56. The van der Waals surface area contributed by atoms with Gasteiger partial charge in [0.2, 0.25) is 0 Å². The summed E-state index contributed by atoms with van der Waals surface area (Å²) in [5.74, 6) is 0.0712. The van der Waals surface area contributed by atoms with E-state index in [2.05, 4.69) is 11.4 Å². The van der Waals surface area contributed by atoms with E-state index in [1.807, 2.05) is 20.8 Å². The number of aryl methyl sites for hydroxylation is 2. The fourth-order valence-corrected chi connectivity index (χ4v) is 2.99. The van der Waals surface area contributed by atoms with Crippen molar-refractivity contribution in [1.29, 1.82) is 0 Å². The minimum atomic E-state index is -0.147. The van der Waals surface area contributed by atoms with E-state index in [-0.39, 0.29) is 11.4 Å². The molecule has 1 aromatic heterocycles. The number of hydrogen-bond acceptors (Lipinski definition) is 2. The zero-order valence-electron chi connectivity index (χ0n) is 9.52. The molecule has 1 heterocycles. The Bertz CT molecular complexity index is 365. The summed E-state index contributed by atoms with van der Waals surface area (Å²) >= 11 is 1.66. The molecule has 0 bridgehead atoms. The largest absolute Gasteiger partial charge is 0.347 e. The van der Waals surface area contributed by atoms with Gasteiger partial charge >= 0.3 is 0 Å². The van der Waals surface area contributed by atoms with E-state index in [1.54, 1.807) is 11.3 Å². The summed E-state index contributed by atoms with van der Waals surface area (Å²) in [4.78, 5) is 14.1. The summed E-state index contributed by atoms with van der Waals surface area (Å²) in [5.41, 5.74) is 1.24. The van der Waals surface area contributed by atoms with Crippen LogP contribution >= 0.6 is 11.3 Å². The van der Waals surface area contributed by atoms with Crippen LogP contribution in [0.4, 0.5) is 0 Å². The molecule has 0 aliphatic heterocycles. The quantitative estimate of drug-likeness (QED) is 0.779. The average molecular weight is 223 g/mol. The van der Waals surface area contributed by atoms with E-state index < -0.39 is 0 Å².